The lowest BCUT2D eigenvalue weighted by molar-refractivity contribution is -0.668. The lowest BCUT2D eigenvalue weighted by atomic mass is 9.97. The van der Waals surface area contributed by atoms with Crippen molar-refractivity contribution in [3.8, 4) is 0 Å². The highest BCUT2D eigenvalue weighted by Gasteiger charge is 2.89. The topological polar surface area (TPSA) is 8.81 Å². The molecule has 0 bridgehead atoms. The van der Waals surface area contributed by atoms with Crippen LogP contribution in [0.5, 0.6) is 0 Å². The third-order valence-corrected chi connectivity index (χ3v) is 4.06. The molecule has 2 aromatic rings. The Morgan fingerprint density at radius 1 is 0.719 bits per heavy atom. The maximum atomic E-state index is 14.3. The van der Waals surface area contributed by atoms with Gasteiger partial charge >= 0.3 is 42.9 Å². The van der Waals surface area contributed by atoms with Gasteiger partial charge in [0.2, 0.25) is 0 Å². The van der Waals surface area contributed by atoms with Crippen LogP contribution in [0.2, 0.25) is 0 Å². The fourth-order valence-corrected chi connectivity index (χ4v) is 2.62. The van der Waals surface area contributed by atoms with E-state index in [4.69, 9.17) is 0 Å². The minimum absolute atomic E-state index is 0.170. The first kappa shape index (κ1) is 27.7. The van der Waals surface area contributed by atoms with E-state index in [0.717, 1.165) is 26.2 Å². The Labute approximate surface area is 168 Å². The molecular formula is C14H10BF15N2. The monoisotopic (exact) mass is 502 g/mol. The smallest absolute Gasteiger partial charge is 0.418 e. The first-order valence-electron chi connectivity index (χ1n) is 7.82. The van der Waals surface area contributed by atoms with Crippen molar-refractivity contribution in [3.63, 3.8) is 0 Å². The van der Waals surface area contributed by atoms with Gasteiger partial charge in [-0.15, -0.1) is 0 Å². The highest BCUT2D eigenvalue weighted by Crippen LogP contribution is 2.59. The first-order chi connectivity index (χ1) is 13.9. The molecule has 1 aromatic heterocycles. The molecule has 0 fully saturated rings. The summed E-state index contributed by atoms with van der Waals surface area (Å²) in [5.41, 5.74) is -0.340. The van der Waals surface area contributed by atoms with Crippen molar-refractivity contribution in [3.05, 3.63) is 30.1 Å². The van der Waals surface area contributed by atoms with E-state index in [9.17, 15) is 65.6 Å². The number of halogens is 15. The van der Waals surface area contributed by atoms with E-state index >= 15 is 0 Å². The van der Waals surface area contributed by atoms with E-state index in [0.29, 0.717) is 9.13 Å². The van der Waals surface area contributed by atoms with Gasteiger partial charge in [0.25, 0.3) is 0 Å². The predicted molar refractivity (Wildman–Crippen MR) is 79.1 cm³/mol. The summed E-state index contributed by atoms with van der Waals surface area (Å²) in [7, 11) is -4.50. The van der Waals surface area contributed by atoms with E-state index in [-0.39, 0.29) is 11.0 Å². The van der Waals surface area contributed by atoms with E-state index in [2.05, 4.69) is 0 Å². The number of alkyl halides is 11. The Balaban J connectivity index is 0.000000920. The standard InChI is InChI=1S/C14H10F11N2.BF4/c1-26-7-5-3-4-6-8(7)27(2)9(26)10(15,16)11(17,18)12(19,20)13(21,22)14(23,24)25;2-1(3,4)5/h3-6H,1-2H3;/q+1;-1. The van der Waals surface area contributed by atoms with Gasteiger partial charge in [-0.2, -0.15) is 48.3 Å². The Hall–Kier alpha value is -2.30. The summed E-state index contributed by atoms with van der Waals surface area (Å²) in [5.74, 6) is -29.9. The summed E-state index contributed by atoms with van der Waals surface area (Å²) < 4.78 is 185. The van der Waals surface area contributed by atoms with Crippen LogP contribution in [0.25, 0.3) is 11.0 Å². The molecule has 1 heterocycles. The summed E-state index contributed by atoms with van der Waals surface area (Å²) in [6.45, 7) is 0. The van der Waals surface area contributed by atoms with Gasteiger partial charge in [0, 0.05) is 0 Å². The molecule has 2 rings (SSSR count). The molecule has 0 amide bonds. The number of hydrogen-bond donors (Lipinski definition) is 0. The summed E-state index contributed by atoms with van der Waals surface area (Å²) in [5, 5.41) is 0. The number of imidazole rings is 1. The summed E-state index contributed by atoms with van der Waals surface area (Å²) in [4.78, 5) is 0. The Morgan fingerprint density at radius 2 is 1.12 bits per heavy atom. The third kappa shape index (κ3) is 4.44. The van der Waals surface area contributed by atoms with Crippen LogP contribution in [0.1, 0.15) is 5.82 Å². The van der Waals surface area contributed by atoms with E-state index < -0.39 is 42.9 Å². The van der Waals surface area contributed by atoms with E-state index in [1.165, 1.54) is 12.1 Å². The minimum atomic E-state index is -7.44. The Bertz CT molecular complexity index is 912. The maximum Gasteiger partial charge on any atom is 0.673 e. The van der Waals surface area contributed by atoms with Gasteiger partial charge in [-0.1, -0.05) is 12.1 Å². The quantitative estimate of drug-likeness (QED) is 0.282. The predicted octanol–water partition coefficient (Wildman–Crippen LogP) is 5.86. The lowest BCUT2D eigenvalue weighted by Gasteiger charge is -2.35. The van der Waals surface area contributed by atoms with E-state index in [1.807, 2.05) is 0 Å². The van der Waals surface area contributed by atoms with Crippen molar-refractivity contribution in [1.29, 1.82) is 0 Å². The zero-order chi connectivity index (χ0) is 25.7. The number of rotatable bonds is 4. The molecule has 2 nitrogen and oxygen atoms in total. The second kappa shape index (κ2) is 7.93. The number of nitrogens with zero attached hydrogens (tertiary/aromatic N) is 2. The number of aryl methyl sites for hydroxylation is 2. The number of fused-ring (bicyclic) bond motifs is 1. The largest absolute Gasteiger partial charge is 0.673 e. The van der Waals surface area contributed by atoms with Crippen LogP contribution in [0.15, 0.2) is 24.3 Å². The van der Waals surface area contributed by atoms with Crippen molar-refractivity contribution in [1.82, 2.24) is 4.57 Å². The molecule has 184 valence electrons. The molecule has 0 saturated heterocycles. The van der Waals surface area contributed by atoms with Crippen molar-refractivity contribution in [2.24, 2.45) is 14.1 Å². The van der Waals surface area contributed by atoms with Crippen molar-refractivity contribution < 1.29 is 70.1 Å². The molecule has 0 atom stereocenters. The highest BCUT2D eigenvalue weighted by molar-refractivity contribution is 6.50. The highest BCUT2D eigenvalue weighted by atomic mass is 19.5. The van der Waals surface area contributed by atoms with Crippen LogP contribution in [-0.4, -0.2) is 35.8 Å². The Kier molecular flexibility index (Phi) is 6.88. The number of aromatic nitrogens is 2. The number of hydrogen-bond acceptors (Lipinski definition) is 0. The summed E-state index contributed by atoms with van der Waals surface area (Å²) in [6, 6.07) is 4.84. The zero-order valence-corrected chi connectivity index (χ0v) is 15.5. The van der Waals surface area contributed by atoms with Crippen LogP contribution >= 0.6 is 0 Å². The first-order valence-corrected chi connectivity index (χ1v) is 7.82. The molecule has 0 aliphatic carbocycles. The molecule has 18 heteroatoms. The van der Waals surface area contributed by atoms with Gasteiger partial charge in [0.15, 0.2) is 11.0 Å². The summed E-state index contributed by atoms with van der Waals surface area (Å²) in [6.07, 6.45) is -7.18. The molecule has 0 N–H and O–H groups in total. The van der Waals surface area contributed by atoms with Gasteiger partial charge in [0.1, 0.15) is 0 Å². The fraction of sp³-hybridized carbons (Fsp3) is 0.500. The third-order valence-electron chi connectivity index (χ3n) is 4.06. The molecule has 0 spiro atoms. The van der Waals surface area contributed by atoms with Crippen LogP contribution < -0.4 is 4.57 Å². The average Bonchev–Trinajstić information content (AvgIpc) is 2.83. The lowest BCUT2D eigenvalue weighted by Crippen LogP contribution is -2.66. The zero-order valence-electron chi connectivity index (χ0n) is 15.5. The molecule has 0 unspecified atom stereocenters. The van der Waals surface area contributed by atoms with Crippen molar-refractivity contribution in [2.45, 2.75) is 29.9 Å². The second-order valence-electron chi connectivity index (χ2n) is 6.22. The van der Waals surface area contributed by atoms with Gasteiger partial charge < -0.3 is 17.3 Å². The fourth-order valence-electron chi connectivity index (χ4n) is 2.62. The minimum Gasteiger partial charge on any atom is -0.418 e. The number of benzene rings is 1. The van der Waals surface area contributed by atoms with Crippen LogP contribution in [0.3, 0.4) is 0 Å². The van der Waals surface area contributed by atoms with Gasteiger partial charge in [-0.05, 0) is 12.1 Å². The molecular weight excluding hydrogens is 492 g/mol. The molecule has 0 aliphatic rings. The van der Waals surface area contributed by atoms with Gasteiger partial charge in [0.05, 0.1) is 14.1 Å². The maximum absolute atomic E-state index is 14.3. The summed E-state index contributed by atoms with van der Waals surface area (Å²) >= 11 is 0. The van der Waals surface area contributed by atoms with Crippen molar-refractivity contribution in [2.75, 3.05) is 0 Å². The Morgan fingerprint density at radius 3 is 1.50 bits per heavy atom. The molecule has 0 saturated carbocycles. The van der Waals surface area contributed by atoms with Crippen LogP contribution in [0, 0.1) is 0 Å². The second-order valence-corrected chi connectivity index (χ2v) is 6.22. The van der Waals surface area contributed by atoms with Crippen LogP contribution in [0.4, 0.5) is 65.6 Å². The van der Waals surface area contributed by atoms with Crippen molar-refractivity contribution >= 4 is 18.3 Å². The molecule has 0 aliphatic heterocycles. The van der Waals surface area contributed by atoms with Gasteiger partial charge in [-0.25, -0.2) is 9.13 Å². The number of para-hydroxylation sites is 2. The normalized spacial score (nSPS) is 14.4. The molecule has 32 heavy (non-hydrogen) atoms. The molecule has 1 aromatic carbocycles. The van der Waals surface area contributed by atoms with Gasteiger partial charge in [-0.3, -0.25) is 0 Å². The SMILES string of the molecule is Cn1c(C(F)(F)C(F)(F)C(F)(F)C(F)(F)C(F)(F)F)[n+](C)c2ccccc21.F[B-](F)(F)F. The van der Waals surface area contributed by atoms with Crippen LogP contribution in [-0.2, 0) is 20.0 Å². The molecule has 0 radical (unpaired) electrons. The van der Waals surface area contributed by atoms with E-state index in [1.54, 1.807) is 0 Å². The average molecular weight is 502 g/mol.